The molecule has 2 saturated carbocycles. The van der Waals surface area contributed by atoms with Crippen molar-refractivity contribution in [1.29, 1.82) is 0 Å². The minimum atomic E-state index is 0.543. The van der Waals surface area contributed by atoms with Gasteiger partial charge in [0.2, 0.25) is 0 Å². The van der Waals surface area contributed by atoms with Crippen LogP contribution in [0.5, 0.6) is 0 Å². The second-order valence-corrected chi connectivity index (χ2v) is 7.77. The summed E-state index contributed by atoms with van der Waals surface area (Å²) in [5, 5.41) is 3.76. The molecule has 1 heteroatoms. The number of nitrogens with one attached hydrogen (secondary N) is 1. The molecule has 2 rings (SSSR count). The average Bonchev–Trinajstić information content (AvgIpc) is 2.41. The van der Waals surface area contributed by atoms with Gasteiger partial charge in [-0.2, -0.15) is 0 Å². The summed E-state index contributed by atoms with van der Waals surface area (Å²) in [6.07, 6.45) is 13.0. The molecule has 4 unspecified atom stereocenters. The smallest absolute Gasteiger partial charge is 0.0128 e. The van der Waals surface area contributed by atoms with Crippen molar-refractivity contribution >= 4 is 0 Å². The first-order valence-electron chi connectivity index (χ1n) is 8.77. The van der Waals surface area contributed by atoms with Crippen LogP contribution in [-0.2, 0) is 0 Å². The van der Waals surface area contributed by atoms with E-state index in [2.05, 4.69) is 33.1 Å². The van der Waals surface area contributed by atoms with E-state index in [-0.39, 0.29) is 0 Å². The second kappa shape index (κ2) is 6.61. The van der Waals surface area contributed by atoms with Gasteiger partial charge in [0, 0.05) is 6.04 Å². The predicted molar refractivity (Wildman–Crippen MR) is 84.3 cm³/mol. The summed E-state index contributed by atoms with van der Waals surface area (Å²) in [5.41, 5.74) is 0.543. The third kappa shape index (κ3) is 3.35. The maximum Gasteiger partial charge on any atom is 0.0128 e. The summed E-state index contributed by atoms with van der Waals surface area (Å²) < 4.78 is 0. The molecule has 0 radical (unpaired) electrons. The van der Waals surface area contributed by atoms with Crippen LogP contribution in [0.15, 0.2) is 0 Å². The van der Waals surface area contributed by atoms with E-state index >= 15 is 0 Å². The molecule has 0 spiro atoms. The van der Waals surface area contributed by atoms with Crippen LogP contribution in [0.25, 0.3) is 0 Å². The fourth-order valence-corrected chi connectivity index (χ4v) is 5.12. The van der Waals surface area contributed by atoms with Crippen molar-refractivity contribution in [3.63, 3.8) is 0 Å². The van der Waals surface area contributed by atoms with E-state index in [9.17, 15) is 0 Å². The number of hydrogen-bond acceptors (Lipinski definition) is 1. The first kappa shape index (κ1) is 15.4. The van der Waals surface area contributed by atoms with Crippen LogP contribution in [0, 0.1) is 23.2 Å². The molecule has 2 aliphatic carbocycles. The van der Waals surface area contributed by atoms with Crippen molar-refractivity contribution in [3.05, 3.63) is 0 Å². The summed E-state index contributed by atoms with van der Waals surface area (Å²) in [6, 6.07) is 0.764. The van der Waals surface area contributed by atoms with E-state index < -0.39 is 0 Å². The van der Waals surface area contributed by atoms with Gasteiger partial charge in [-0.3, -0.25) is 0 Å². The summed E-state index contributed by atoms with van der Waals surface area (Å²) in [5.74, 6) is 2.80. The van der Waals surface area contributed by atoms with E-state index in [0.29, 0.717) is 5.41 Å². The molecular formula is C18H35N. The van der Waals surface area contributed by atoms with Gasteiger partial charge < -0.3 is 5.32 Å². The lowest BCUT2D eigenvalue weighted by Crippen LogP contribution is -2.50. The maximum absolute atomic E-state index is 3.76. The molecule has 0 amide bonds. The van der Waals surface area contributed by atoms with Crippen LogP contribution in [0.3, 0.4) is 0 Å². The summed E-state index contributed by atoms with van der Waals surface area (Å²) in [6.45, 7) is 7.44. The molecule has 1 nitrogen and oxygen atoms in total. The maximum atomic E-state index is 3.76. The first-order valence-corrected chi connectivity index (χ1v) is 8.77. The van der Waals surface area contributed by atoms with Crippen LogP contribution in [0.2, 0.25) is 0 Å². The molecule has 0 aromatic heterocycles. The lowest BCUT2D eigenvalue weighted by atomic mass is 9.60. The molecule has 0 aromatic carbocycles. The molecule has 19 heavy (non-hydrogen) atoms. The summed E-state index contributed by atoms with van der Waals surface area (Å²) >= 11 is 0. The minimum Gasteiger partial charge on any atom is -0.316 e. The van der Waals surface area contributed by atoms with E-state index in [4.69, 9.17) is 0 Å². The quantitative estimate of drug-likeness (QED) is 0.753. The van der Waals surface area contributed by atoms with Gasteiger partial charge in [0.1, 0.15) is 0 Å². The molecule has 0 saturated heterocycles. The largest absolute Gasteiger partial charge is 0.316 e. The SMILES string of the molecule is CCC1CCCCC1C(NC)C1CCCCC1(C)C. The molecule has 1 N–H and O–H groups in total. The Kier molecular flexibility index (Phi) is 5.34. The Morgan fingerprint density at radius 2 is 1.74 bits per heavy atom. The van der Waals surface area contributed by atoms with Crippen LogP contribution < -0.4 is 5.32 Å². The Labute approximate surface area is 120 Å². The second-order valence-electron chi connectivity index (χ2n) is 7.77. The van der Waals surface area contributed by atoms with E-state index in [1.54, 1.807) is 0 Å². The van der Waals surface area contributed by atoms with Gasteiger partial charge in [0.15, 0.2) is 0 Å². The van der Waals surface area contributed by atoms with Crippen molar-refractivity contribution in [2.75, 3.05) is 7.05 Å². The topological polar surface area (TPSA) is 12.0 Å². The van der Waals surface area contributed by atoms with Gasteiger partial charge >= 0.3 is 0 Å². The molecule has 0 bridgehead atoms. The zero-order chi connectivity index (χ0) is 13.9. The molecular weight excluding hydrogens is 230 g/mol. The van der Waals surface area contributed by atoms with Crippen LogP contribution in [-0.4, -0.2) is 13.1 Å². The Balaban J connectivity index is 2.13. The van der Waals surface area contributed by atoms with Gasteiger partial charge in [-0.15, -0.1) is 0 Å². The van der Waals surface area contributed by atoms with E-state index in [1.807, 2.05) is 0 Å². The fraction of sp³-hybridized carbons (Fsp3) is 1.00. The molecule has 112 valence electrons. The van der Waals surface area contributed by atoms with E-state index in [1.165, 1.54) is 57.8 Å². The molecule has 0 heterocycles. The number of rotatable bonds is 4. The van der Waals surface area contributed by atoms with Gasteiger partial charge in [-0.25, -0.2) is 0 Å². The Bertz CT molecular complexity index is 271. The van der Waals surface area contributed by atoms with Gasteiger partial charge in [0.25, 0.3) is 0 Å². The zero-order valence-electron chi connectivity index (χ0n) is 13.7. The lowest BCUT2D eigenvalue weighted by Gasteiger charge is -2.48. The van der Waals surface area contributed by atoms with Crippen molar-refractivity contribution in [2.45, 2.75) is 84.6 Å². The highest BCUT2D eigenvalue weighted by Crippen LogP contribution is 2.47. The van der Waals surface area contributed by atoms with Gasteiger partial charge in [0.05, 0.1) is 0 Å². The Morgan fingerprint density at radius 3 is 2.37 bits per heavy atom. The molecule has 4 atom stereocenters. The molecule has 0 aliphatic heterocycles. The summed E-state index contributed by atoms with van der Waals surface area (Å²) in [4.78, 5) is 0. The Hall–Kier alpha value is -0.0400. The highest BCUT2D eigenvalue weighted by atomic mass is 14.9. The van der Waals surface area contributed by atoms with Crippen LogP contribution in [0.1, 0.15) is 78.6 Å². The normalized spacial score (nSPS) is 36.9. The summed E-state index contributed by atoms with van der Waals surface area (Å²) in [7, 11) is 2.22. The predicted octanol–water partition coefficient (Wildman–Crippen LogP) is 5.01. The molecule has 2 aliphatic rings. The standard InChI is InChI=1S/C18H35N/c1-5-14-10-6-7-11-15(14)17(19-4)16-12-8-9-13-18(16,2)3/h14-17,19H,5-13H2,1-4H3. The van der Waals surface area contributed by atoms with Crippen LogP contribution >= 0.6 is 0 Å². The zero-order valence-corrected chi connectivity index (χ0v) is 13.7. The minimum absolute atomic E-state index is 0.543. The Morgan fingerprint density at radius 1 is 1.05 bits per heavy atom. The third-order valence-electron chi connectivity index (χ3n) is 6.31. The molecule has 0 aromatic rings. The van der Waals surface area contributed by atoms with Crippen molar-refractivity contribution in [3.8, 4) is 0 Å². The third-order valence-corrected chi connectivity index (χ3v) is 6.31. The van der Waals surface area contributed by atoms with Crippen molar-refractivity contribution in [2.24, 2.45) is 23.2 Å². The number of hydrogen-bond donors (Lipinski definition) is 1. The highest BCUT2D eigenvalue weighted by Gasteiger charge is 2.42. The lowest BCUT2D eigenvalue weighted by molar-refractivity contribution is 0.0453. The fourth-order valence-electron chi connectivity index (χ4n) is 5.12. The first-order chi connectivity index (χ1) is 9.10. The van der Waals surface area contributed by atoms with Gasteiger partial charge in [-0.05, 0) is 49.5 Å². The van der Waals surface area contributed by atoms with Crippen molar-refractivity contribution < 1.29 is 0 Å². The highest BCUT2D eigenvalue weighted by molar-refractivity contribution is 4.95. The molecule has 2 fully saturated rings. The van der Waals surface area contributed by atoms with Gasteiger partial charge in [-0.1, -0.05) is 59.3 Å². The average molecular weight is 265 g/mol. The monoisotopic (exact) mass is 265 g/mol. The van der Waals surface area contributed by atoms with E-state index in [0.717, 1.165) is 23.8 Å². The van der Waals surface area contributed by atoms with Crippen molar-refractivity contribution in [1.82, 2.24) is 5.32 Å². The van der Waals surface area contributed by atoms with Crippen LogP contribution in [0.4, 0.5) is 0 Å².